The van der Waals surface area contributed by atoms with Crippen LogP contribution in [0.3, 0.4) is 0 Å². The first-order chi connectivity index (χ1) is 17.9. The number of rotatable bonds is 14. The quantitative estimate of drug-likeness (QED) is 0.143. The molecule has 204 valence electrons. The molecule has 0 bridgehead atoms. The van der Waals surface area contributed by atoms with Crippen LogP contribution in [0.5, 0.6) is 11.5 Å². The van der Waals surface area contributed by atoms with Gasteiger partial charge in [-0.15, -0.1) is 0 Å². The maximum absolute atomic E-state index is 14.5. The molecule has 0 aromatic heterocycles. The number of unbranched alkanes of at least 4 members (excludes halogenated alkanes) is 4. The molecule has 0 saturated heterocycles. The summed E-state index contributed by atoms with van der Waals surface area (Å²) in [4.78, 5) is 12.5. The van der Waals surface area contributed by atoms with E-state index in [0.29, 0.717) is 30.3 Å². The highest BCUT2D eigenvalue weighted by atomic mass is 19.2. The molecule has 3 rings (SSSR count). The minimum absolute atomic E-state index is 0.239. The second-order valence-electron chi connectivity index (χ2n) is 10.9. The van der Waals surface area contributed by atoms with Crippen molar-refractivity contribution in [3.63, 3.8) is 0 Å². The Hall–Kier alpha value is -2.43. The maximum Gasteiger partial charge on any atom is 0.343 e. The molecular weight excluding hydrogens is 470 g/mol. The highest BCUT2D eigenvalue weighted by Crippen LogP contribution is 2.33. The van der Waals surface area contributed by atoms with Gasteiger partial charge in [0.05, 0.1) is 12.2 Å². The summed E-state index contributed by atoms with van der Waals surface area (Å²) in [6.07, 6.45) is 14.5. The van der Waals surface area contributed by atoms with Crippen LogP contribution >= 0.6 is 0 Å². The Bertz CT molecular complexity index is 965. The Labute approximate surface area is 222 Å². The van der Waals surface area contributed by atoms with Crippen molar-refractivity contribution in [1.29, 1.82) is 0 Å². The molecule has 1 saturated carbocycles. The van der Waals surface area contributed by atoms with E-state index < -0.39 is 23.4 Å². The summed E-state index contributed by atoms with van der Waals surface area (Å²) in [6.45, 7) is 6.93. The molecule has 1 aliphatic carbocycles. The Kier molecular flexibility index (Phi) is 11.9. The lowest BCUT2D eigenvalue weighted by Crippen LogP contribution is -2.20. The smallest absolute Gasteiger partial charge is 0.343 e. The van der Waals surface area contributed by atoms with Gasteiger partial charge in [-0.2, -0.15) is 4.39 Å². The number of carbonyl (C=O) groups is 1. The number of hydrogen-bond donors (Lipinski definition) is 0. The average Bonchev–Trinajstić information content (AvgIpc) is 2.92. The lowest BCUT2D eigenvalue weighted by molar-refractivity contribution is 0.0726. The molecule has 0 aliphatic heterocycles. The summed E-state index contributed by atoms with van der Waals surface area (Å²) >= 11 is 0. The van der Waals surface area contributed by atoms with Crippen molar-refractivity contribution in [2.75, 3.05) is 6.61 Å². The molecule has 1 aliphatic rings. The van der Waals surface area contributed by atoms with Crippen LogP contribution in [0.25, 0.3) is 0 Å². The van der Waals surface area contributed by atoms with Gasteiger partial charge >= 0.3 is 5.97 Å². The van der Waals surface area contributed by atoms with E-state index in [-0.39, 0.29) is 11.5 Å². The van der Waals surface area contributed by atoms with Crippen LogP contribution in [0.2, 0.25) is 0 Å². The monoisotopic (exact) mass is 514 g/mol. The highest BCUT2D eigenvalue weighted by molar-refractivity contribution is 5.91. The average molecular weight is 515 g/mol. The Balaban J connectivity index is 1.42. The Morgan fingerprint density at radius 2 is 1.57 bits per heavy atom. The number of benzene rings is 2. The zero-order chi connectivity index (χ0) is 26.6. The second-order valence-corrected chi connectivity index (χ2v) is 10.9. The maximum atomic E-state index is 14.5. The lowest BCUT2D eigenvalue weighted by atomic mass is 9.80. The number of hydrogen-bond acceptors (Lipinski definition) is 3. The largest absolute Gasteiger partial charge is 0.493 e. The fourth-order valence-electron chi connectivity index (χ4n) is 5.11. The van der Waals surface area contributed by atoms with Gasteiger partial charge in [0.25, 0.3) is 0 Å². The normalized spacial score (nSPS) is 18.4. The molecule has 0 radical (unpaired) electrons. The summed E-state index contributed by atoms with van der Waals surface area (Å²) in [5.41, 5.74) is 0.555. The van der Waals surface area contributed by atoms with Crippen LogP contribution in [0.15, 0.2) is 36.4 Å². The van der Waals surface area contributed by atoms with Crippen LogP contribution < -0.4 is 9.47 Å². The Morgan fingerprint density at radius 1 is 0.892 bits per heavy atom. The van der Waals surface area contributed by atoms with Gasteiger partial charge in [0.1, 0.15) is 5.75 Å². The molecule has 0 heterocycles. The van der Waals surface area contributed by atoms with Crippen molar-refractivity contribution in [2.45, 2.75) is 97.8 Å². The topological polar surface area (TPSA) is 35.5 Å². The third kappa shape index (κ3) is 9.12. The summed E-state index contributed by atoms with van der Waals surface area (Å²) in [6, 6.07) is 9.46. The van der Waals surface area contributed by atoms with Crippen LogP contribution in [-0.2, 0) is 6.42 Å². The first kappa shape index (κ1) is 29.1. The van der Waals surface area contributed by atoms with Gasteiger partial charge in [-0.05, 0) is 72.9 Å². The number of carbonyl (C=O) groups excluding carboxylic acids is 1. The minimum atomic E-state index is -1.12. The van der Waals surface area contributed by atoms with Gasteiger partial charge in [-0.3, -0.25) is 0 Å². The summed E-state index contributed by atoms with van der Waals surface area (Å²) in [5.74, 6) is -0.820. The predicted octanol–water partition coefficient (Wildman–Crippen LogP) is 9.32. The molecule has 37 heavy (non-hydrogen) atoms. The molecule has 0 unspecified atom stereocenters. The van der Waals surface area contributed by atoms with Crippen molar-refractivity contribution in [3.8, 4) is 11.5 Å². The van der Waals surface area contributed by atoms with Gasteiger partial charge in [-0.1, -0.05) is 84.6 Å². The highest BCUT2D eigenvalue weighted by Gasteiger charge is 2.22. The van der Waals surface area contributed by atoms with Crippen molar-refractivity contribution < 1.29 is 23.0 Å². The fraction of sp³-hybridized carbons (Fsp3) is 0.594. The summed E-state index contributed by atoms with van der Waals surface area (Å²) in [7, 11) is 0. The van der Waals surface area contributed by atoms with E-state index in [1.807, 2.05) is 13.8 Å². The van der Waals surface area contributed by atoms with E-state index in [1.165, 1.54) is 76.3 Å². The van der Waals surface area contributed by atoms with Gasteiger partial charge in [0, 0.05) is 0 Å². The third-order valence-electron chi connectivity index (χ3n) is 7.85. The third-order valence-corrected chi connectivity index (χ3v) is 7.85. The summed E-state index contributed by atoms with van der Waals surface area (Å²) < 4.78 is 40.1. The van der Waals surface area contributed by atoms with Crippen LogP contribution in [-0.4, -0.2) is 12.6 Å². The van der Waals surface area contributed by atoms with E-state index in [4.69, 9.17) is 9.47 Å². The number of esters is 1. The minimum Gasteiger partial charge on any atom is -0.493 e. The number of halogens is 2. The van der Waals surface area contributed by atoms with E-state index >= 15 is 0 Å². The predicted molar refractivity (Wildman–Crippen MR) is 145 cm³/mol. The molecule has 0 amide bonds. The van der Waals surface area contributed by atoms with Crippen molar-refractivity contribution >= 4 is 5.97 Å². The van der Waals surface area contributed by atoms with Gasteiger partial charge in [0.2, 0.25) is 5.82 Å². The SMILES string of the molecule is CCCCCCC[C@H]1CC[C@H](COc2ccc(C(=O)Oc3ccc(C[C@@H](C)CC)c(F)c3F)cc2)CC1. The van der Waals surface area contributed by atoms with Crippen molar-refractivity contribution in [3.05, 3.63) is 59.2 Å². The molecular formula is C32H44F2O3. The van der Waals surface area contributed by atoms with E-state index in [9.17, 15) is 13.6 Å². The molecule has 2 aromatic carbocycles. The van der Waals surface area contributed by atoms with Crippen molar-refractivity contribution in [1.82, 2.24) is 0 Å². The second kappa shape index (κ2) is 15.1. The van der Waals surface area contributed by atoms with E-state index in [1.54, 1.807) is 24.3 Å². The van der Waals surface area contributed by atoms with Gasteiger partial charge in [0.15, 0.2) is 11.6 Å². The lowest BCUT2D eigenvalue weighted by Gasteiger charge is -2.28. The molecule has 1 fully saturated rings. The number of ether oxygens (including phenoxy) is 2. The van der Waals surface area contributed by atoms with E-state index in [2.05, 4.69) is 6.92 Å². The van der Waals surface area contributed by atoms with Gasteiger partial charge < -0.3 is 9.47 Å². The molecule has 0 N–H and O–H groups in total. The molecule has 2 aromatic rings. The molecule has 0 spiro atoms. The van der Waals surface area contributed by atoms with Gasteiger partial charge in [-0.25, -0.2) is 9.18 Å². The van der Waals surface area contributed by atoms with E-state index in [0.717, 1.165) is 12.3 Å². The molecule has 3 nitrogen and oxygen atoms in total. The van der Waals surface area contributed by atoms with Crippen LogP contribution in [0, 0.1) is 29.4 Å². The zero-order valence-electron chi connectivity index (χ0n) is 22.9. The fourth-order valence-corrected chi connectivity index (χ4v) is 5.11. The molecule has 1 atom stereocenters. The van der Waals surface area contributed by atoms with Crippen LogP contribution in [0.4, 0.5) is 8.78 Å². The van der Waals surface area contributed by atoms with Crippen molar-refractivity contribution in [2.24, 2.45) is 17.8 Å². The first-order valence-corrected chi connectivity index (χ1v) is 14.3. The first-order valence-electron chi connectivity index (χ1n) is 14.3. The molecule has 5 heteroatoms. The Morgan fingerprint density at radius 3 is 2.24 bits per heavy atom. The standard InChI is InChI=1S/C32H44F2O3/c1-4-6-7-8-9-10-24-11-13-25(14-12-24)22-36-28-18-15-26(16-19-28)32(35)37-29-20-17-27(21-23(3)5-2)30(33)31(29)34/h15-20,23-25H,4-14,21-22H2,1-3H3/t23-,24-,25-/m0/s1. The van der Waals surface area contributed by atoms with Crippen LogP contribution in [0.1, 0.15) is 107 Å². The summed E-state index contributed by atoms with van der Waals surface area (Å²) in [5, 5.41) is 0. The zero-order valence-corrected chi connectivity index (χ0v) is 22.9.